The molecule has 3 rings (SSSR count). The highest BCUT2D eigenvalue weighted by molar-refractivity contribution is 5.94. The summed E-state index contributed by atoms with van der Waals surface area (Å²) in [6.45, 7) is 0.649. The molecular formula is C21H20FN3O2. The summed E-state index contributed by atoms with van der Waals surface area (Å²) < 4.78 is 19.0. The minimum Gasteiger partial charge on any atom is -0.496 e. The van der Waals surface area contributed by atoms with Crippen molar-refractivity contribution in [3.8, 4) is 5.75 Å². The predicted octanol–water partition coefficient (Wildman–Crippen LogP) is 3.77. The number of hydrogen-bond donors (Lipinski definition) is 2. The zero-order valence-corrected chi connectivity index (χ0v) is 14.9. The van der Waals surface area contributed by atoms with Gasteiger partial charge in [0, 0.05) is 36.6 Å². The van der Waals surface area contributed by atoms with Crippen LogP contribution in [0.3, 0.4) is 0 Å². The third-order valence-electron chi connectivity index (χ3n) is 4.07. The number of nitrogens with zero attached hydrogens (tertiary/aromatic N) is 1. The molecule has 0 spiro atoms. The van der Waals surface area contributed by atoms with Gasteiger partial charge in [0.05, 0.1) is 18.4 Å². The molecule has 6 heteroatoms. The van der Waals surface area contributed by atoms with Crippen molar-refractivity contribution < 1.29 is 13.9 Å². The van der Waals surface area contributed by atoms with Gasteiger partial charge >= 0.3 is 0 Å². The number of halogens is 1. The predicted molar refractivity (Wildman–Crippen MR) is 102 cm³/mol. The molecule has 0 unspecified atom stereocenters. The fraction of sp³-hybridized carbons (Fsp3) is 0.143. The molecule has 0 fully saturated rings. The molecule has 0 aliphatic rings. The Labute approximate surface area is 157 Å². The van der Waals surface area contributed by atoms with E-state index in [1.165, 1.54) is 12.3 Å². The summed E-state index contributed by atoms with van der Waals surface area (Å²) in [6, 6.07) is 15.8. The molecule has 2 N–H and O–H groups in total. The van der Waals surface area contributed by atoms with Crippen molar-refractivity contribution in [2.24, 2.45) is 0 Å². The van der Waals surface area contributed by atoms with E-state index in [-0.39, 0.29) is 18.3 Å². The molecule has 0 bridgehead atoms. The van der Waals surface area contributed by atoms with Gasteiger partial charge in [0.15, 0.2) is 0 Å². The maximum absolute atomic E-state index is 13.6. The Balaban J connectivity index is 1.62. The number of pyridine rings is 1. The summed E-state index contributed by atoms with van der Waals surface area (Å²) in [5.74, 6) is 0.131. The van der Waals surface area contributed by atoms with E-state index in [9.17, 15) is 9.18 Å². The topological polar surface area (TPSA) is 63.2 Å². The van der Waals surface area contributed by atoms with Crippen LogP contribution in [0.5, 0.6) is 5.75 Å². The van der Waals surface area contributed by atoms with E-state index < -0.39 is 0 Å². The normalized spacial score (nSPS) is 10.3. The fourth-order valence-electron chi connectivity index (χ4n) is 2.63. The Hall–Kier alpha value is -3.41. The monoisotopic (exact) mass is 365 g/mol. The average Bonchev–Trinajstić information content (AvgIpc) is 2.72. The molecular weight excluding hydrogens is 345 g/mol. The smallest absolute Gasteiger partial charge is 0.253 e. The number of methoxy groups -OCH3 is 1. The maximum atomic E-state index is 13.6. The summed E-state index contributed by atoms with van der Waals surface area (Å²) >= 11 is 0. The number of amides is 1. The summed E-state index contributed by atoms with van der Waals surface area (Å²) in [6.07, 6.45) is 3.12. The number of carbonyl (C=O) groups excluding carboxylic acids is 1. The minimum atomic E-state index is -0.344. The molecule has 2 aromatic carbocycles. The van der Waals surface area contributed by atoms with Gasteiger partial charge in [-0.1, -0.05) is 36.4 Å². The number of carbonyl (C=O) groups is 1. The third-order valence-corrected chi connectivity index (χ3v) is 4.07. The molecule has 3 aromatic rings. The number of hydrogen-bond acceptors (Lipinski definition) is 4. The highest BCUT2D eigenvalue weighted by atomic mass is 19.1. The largest absolute Gasteiger partial charge is 0.496 e. The van der Waals surface area contributed by atoms with Gasteiger partial charge in [-0.25, -0.2) is 4.39 Å². The number of anilines is 1. The molecule has 5 nitrogen and oxygen atoms in total. The first kappa shape index (κ1) is 18.4. The first-order chi connectivity index (χ1) is 13.2. The first-order valence-electron chi connectivity index (χ1n) is 8.50. The number of aromatic nitrogens is 1. The van der Waals surface area contributed by atoms with Crippen molar-refractivity contribution in [3.63, 3.8) is 0 Å². The number of rotatable bonds is 7. The van der Waals surface area contributed by atoms with Crippen LogP contribution in [0.15, 0.2) is 67.0 Å². The average molecular weight is 365 g/mol. The van der Waals surface area contributed by atoms with E-state index in [4.69, 9.17) is 4.74 Å². The Morgan fingerprint density at radius 1 is 1.04 bits per heavy atom. The second kappa shape index (κ2) is 8.80. The van der Waals surface area contributed by atoms with Gasteiger partial charge in [-0.05, 0) is 18.2 Å². The highest BCUT2D eigenvalue weighted by Crippen LogP contribution is 2.19. The lowest BCUT2D eigenvalue weighted by atomic mass is 10.2. The Kier molecular flexibility index (Phi) is 5.99. The lowest BCUT2D eigenvalue weighted by Gasteiger charge is -2.11. The Morgan fingerprint density at radius 3 is 2.56 bits per heavy atom. The molecule has 0 saturated heterocycles. The standard InChI is InChI=1S/C21H20FN3O2/c1-27-20-9-5-3-7-16(20)13-24-18-10-17(11-23-14-18)21(26)25-12-15-6-2-4-8-19(15)22/h2-11,14,24H,12-13H2,1H3,(H,25,26). The molecule has 0 aliphatic carbocycles. The van der Waals surface area contributed by atoms with E-state index in [1.54, 1.807) is 37.6 Å². The van der Waals surface area contributed by atoms with Crippen LogP contribution in [0.1, 0.15) is 21.5 Å². The van der Waals surface area contributed by atoms with E-state index in [1.807, 2.05) is 24.3 Å². The second-order valence-electron chi connectivity index (χ2n) is 5.90. The number of benzene rings is 2. The summed E-state index contributed by atoms with van der Waals surface area (Å²) in [7, 11) is 1.63. The molecule has 0 saturated carbocycles. The van der Waals surface area contributed by atoms with E-state index in [2.05, 4.69) is 15.6 Å². The van der Waals surface area contributed by atoms with Crippen LogP contribution in [-0.4, -0.2) is 18.0 Å². The molecule has 1 heterocycles. The maximum Gasteiger partial charge on any atom is 0.253 e. The van der Waals surface area contributed by atoms with Crippen molar-refractivity contribution in [3.05, 3.63) is 89.5 Å². The summed E-state index contributed by atoms with van der Waals surface area (Å²) in [4.78, 5) is 16.4. The van der Waals surface area contributed by atoms with Gasteiger partial charge in [-0.3, -0.25) is 9.78 Å². The molecule has 0 radical (unpaired) electrons. The quantitative estimate of drug-likeness (QED) is 0.669. The Bertz CT molecular complexity index is 931. The van der Waals surface area contributed by atoms with Gasteiger partial charge in [0.2, 0.25) is 0 Å². The zero-order chi connectivity index (χ0) is 19.1. The molecule has 0 aliphatic heterocycles. The van der Waals surface area contributed by atoms with Crippen molar-refractivity contribution in [2.45, 2.75) is 13.1 Å². The molecule has 1 aromatic heterocycles. The molecule has 27 heavy (non-hydrogen) atoms. The van der Waals surface area contributed by atoms with Crippen LogP contribution in [0.4, 0.5) is 10.1 Å². The van der Waals surface area contributed by atoms with Crippen LogP contribution < -0.4 is 15.4 Å². The van der Waals surface area contributed by atoms with Gasteiger partial charge in [0.25, 0.3) is 5.91 Å². The lowest BCUT2D eigenvalue weighted by Crippen LogP contribution is -2.23. The van der Waals surface area contributed by atoms with Crippen molar-refractivity contribution in [1.82, 2.24) is 10.3 Å². The highest BCUT2D eigenvalue weighted by Gasteiger charge is 2.09. The third kappa shape index (κ3) is 4.82. The second-order valence-corrected chi connectivity index (χ2v) is 5.90. The van der Waals surface area contributed by atoms with E-state index >= 15 is 0 Å². The van der Waals surface area contributed by atoms with Crippen LogP contribution in [0.25, 0.3) is 0 Å². The van der Waals surface area contributed by atoms with Gasteiger partial charge in [0.1, 0.15) is 11.6 Å². The van der Waals surface area contributed by atoms with E-state index in [0.717, 1.165) is 11.3 Å². The minimum absolute atomic E-state index is 0.115. The molecule has 138 valence electrons. The van der Waals surface area contributed by atoms with Crippen LogP contribution >= 0.6 is 0 Å². The van der Waals surface area contributed by atoms with E-state index in [0.29, 0.717) is 23.4 Å². The van der Waals surface area contributed by atoms with Crippen LogP contribution in [0.2, 0.25) is 0 Å². The fourth-order valence-corrected chi connectivity index (χ4v) is 2.63. The summed E-state index contributed by atoms with van der Waals surface area (Å²) in [5, 5.41) is 5.94. The molecule has 0 atom stereocenters. The molecule has 1 amide bonds. The zero-order valence-electron chi connectivity index (χ0n) is 14.9. The number of nitrogens with one attached hydrogen (secondary N) is 2. The van der Waals surface area contributed by atoms with Crippen LogP contribution in [-0.2, 0) is 13.1 Å². The number of ether oxygens (including phenoxy) is 1. The number of para-hydroxylation sites is 1. The lowest BCUT2D eigenvalue weighted by molar-refractivity contribution is 0.0950. The van der Waals surface area contributed by atoms with Crippen molar-refractivity contribution >= 4 is 11.6 Å². The van der Waals surface area contributed by atoms with Crippen molar-refractivity contribution in [1.29, 1.82) is 0 Å². The SMILES string of the molecule is COc1ccccc1CNc1cncc(C(=O)NCc2ccccc2F)c1. The first-order valence-corrected chi connectivity index (χ1v) is 8.50. The Morgan fingerprint density at radius 2 is 1.78 bits per heavy atom. The van der Waals surface area contributed by atoms with Crippen molar-refractivity contribution in [2.75, 3.05) is 12.4 Å². The summed E-state index contributed by atoms with van der Waals surface area (Å²) in [5.41, 5.74) is 2.54. The van der Waals surface area contributed by atoms with Gasteiger partial charge in [-0.15, -0.1) is 0 Å². The van der Waals surface area contributed by atoms with Gasteiger partial charge in [-0.2, -0.15) is 0 Å². The van der Waals surface area contributed by atoms with Crippen LogP contribution in [0, 0.1) is 5.82 Å². The van der Waals surface area contributed by atoms with Gasteiger partial charge < -0.3 is 15.4 Å².